The summed E-state index contributed by atoms with van der Waals surface area (Å²) in [6.07, 6.45) is -1.33. The van der Waals surface area contributed by atoms with Gasteiger partial charge < -0.3 is 19.7 Å². The predicted molar refractivity (Wildman–Crippen MR) is 54.8 cm³/mol. The van der Waals surface area contributed by atoms with Gasteiger partial charge in [-0.25, -0.2) is 4.79 Å². The Hall–Kier alpha value is -1.75. The Morgan fingerprint density at radius 3 is 2.69 bits per heavy atom. The van der Waals surface area contributed by atoms with E-state index in [1.54, 1.807) is 18.2 Å². The summed E-state index contributed by atoms with van der Waals surface area (Å²) in [6, 6.07) is 5.14. The van der Waals surface area contributed by atoms with Crippen molar-refractivity contribution in [1.82, 2.24) is 0 Å². The number of carboxylic acid groups (broad SMARTS) is 1. The highest BCUT2D eigenvalue weighted by atomic mass is 16.6. The van der Waals surface area contributed by atoms with Crippen molar-refractivity contribution in [2.75, 3.05) is 13.2 Å². The number of aliphatic hydroxyl groups excluding tert-OH is 1. The Balaban J connectivity index is 2.14. The Morgan fingerprint density at radius 2 is 2.00 bits per heavy atom. The van der Waals surface area contributed by atoms with Gasteiger partial charge in [-0.3, -0.25) is 0 Å². The topological polar surface area (TPSA) is 76.0 Å². The molecule has 0 saturated carbocycles. The van der Waals surface area contributed by atoms with Crippen molar-refractivity contribution in [3.05, 3.63) is 23.8 Å². The van der Waals surface area contributed by atoms with Gasteiger partial charge in [-0.15, -0.1) is 0 Å². The van der Waals surface area contributed by atoms with Crippen LogP contribution in [0.5, 0.6) is 11.5 Å². The van der Waals surface area contributed by atoms with Crippen LogP contribution in [0, 0.1) is 0 Å². The molecule has 2 N–H and O–H groups in total. The molecule has 86 valence electrons. The monoisotopic (exact) mass is 224 g/mol. The van der Waals surface area contributed by atoms with Gasteiger partial charge in [0.2, 0.25) is 0 Å². The number of benzene rings is 1. The standard InChI is InChI=1S/C11H12O5/c12-8(11(13)14)5-7-1-2-9-10(6-7)16-4-3-15-9/h1-2,6,8,12H,3-5H2,(H,13,14)/t8-/m0/s1. The van der Waals surface area contributed by atoms with Crippen LogP contribution in [-0.2, 0) is 11.2 Å². The molecule has 0 fully saturated rings. The zero-order valence-corrected chi connectivity index (χ0v) is 8.55. The zero-order valence-electron chi connectivity index (χ0n) is 8.55. The molecular weight excluding hydrogens is 212 g/mol. The van der Waals surface area contributed by atoms with Crippen molar-refractivity contribution in [3.8, 4) is 11.5 Å². The van der Waals surface area contributed by atoms with E-state index in [1.165, 1.54) is 0 Å². The molecule has 0 saturated heterocycles. The summed E-state index contributed by atoms with van der Waals surface area (Å²) in [6.45, 7) is 1.00. The Morgan fingerprint density at radius 1 is 1.31 bits per heavy atom. The minimum absolute atomic E-state index is 0.0615. The average molecular weight is 224 g/mol. The molecule has 5 heteroatoms. The molecule has 2 rings (SSSR count). The highest BCUT2D eigenvalue weighted by Crippen LogP contribution is 2.31. The Labute approximate surface area is 92.2 Å². The Kier molecular flexibility index (Phi) is 2.96. The normalized spacial score (nSPS) is 15.6. The van der Waals surface area contributed by atoms with Gasteiger partial charge in [0.15, 0.2) is 17.6 Å². The van der Waals surface area contributed by atoms with E-state index in [-0.39, 0.29) is 6.42 Å². The van der Waals surface area contributed by atoms with Gasteiger partial charge in [0, 0.05) is 6.42 Å². The second kappa shape index (κ2) is 4.40. The lowest BCUT2D eigenvalue weighted by Crippen LogP contribution is -2.22. The van der Waals surface area contributed by atoms with Crippen molar-refractivity contribution in [1.29, 1.82) is 0 Å². The second-order valence-corrected chi connectivity index (χ2v) is 3.54. The molecule has 1 heterocycles. The van der Waals surface area contributed by atoms with Crippen molar-refractivity contribution >= 4 is 5.97 Å². The number of carbonyl (C=O) groups is 1. The van der Waals surface area contributed by atoms with Crippen LogP contribution in [0.4, 0.5) is 0 Å². The molecule has 1 atom stereocenters. The van der Waals surface area contributed by atoms with E-state index < -0.39 is 12.1 Å². The quantitative estimate of drug-likeness (QED) is 0.779. The maximum Gasteiger partial charge on any atom is 0.332 e. The van der Waals surface area contributed by atoms with Gasteiger partial charge >= 0.3 is 5.97 Å². The second-order valence-electron chi connectivity index (χ2n) is 3.54. The first-order valence-electron chi connectivity index (χ1n) is 4.96. The fourth-order valence-electron chi connectivity index (χ4n) is 1.53. The fourth-order valence-corrected chi connectivity index (χ4v) is 1.53. The van der Waals surface area contributed by atoms with Crippen molar-refractivity contribution in [2.45, 2.75) is 12.5 Å². The van der Waals surface area contributed by atoms with E-state index in [4.69, 9.17) is 14.6 Å². The molecule has 0 spiro atoms. The first-order chi connectivity index (χ1) is 7.66. The number of aliphatic carboxylic acids is 1. The average Bonchev–Trinajstić information content (AvgIpc) is 2.28. The zero-order chi connectivity index (χ0) is 11.5. The minimum Gasteiger partial charge on any atom is -0.486 e. The van der Waals surface area contributed by atoms with Crippen LogP contribution in [0.1, 0.15) is 5.56 Å². The molecule has 0 amide bonds. The highest BCUT2D eigenvalue weighted by molar-refractivity contribution is 5.72. The number of ether oxygens (including phenoxy) is 2. The molecule has 1 aliphatic rings. The van der Waals surface area contributed by atoms with Crippen LogP contribution in [0.15, 0.2) is 18.2 Å². The van der Waals surface area contributed by atoms with Crippen LogP contribution in [0.3, 0.4) is 0 Å². The number of aliphatic hydroxyl groups is 1. The largest absolute Gasteiger partial charge is 0.486 e. The molecule has 1 aromatic carbocycles. The smallest absolute Gasteiger partial charge is 0.332 e. The number of hydrogen-bond acceptors (Lipinski definition) is 4. The number of rotatable bonds is 3. The van der Waals surface area contributed by atoms with E-state index in [0.717, 1.165) is 0 Å². The fraction of sp³-hybridized carbons (Fsp3) is 0.364. The SMILES string of the molecule is O=C(O)[C@@H](O)Cc1ccc2c(c1)OCCO2. The molecule has 0 bridgehead atoms. The van der Waals surface area contributed by atoms with E-state index in [9.17, 15) is 9.90 Å². The van der Waals surface area contributed by atoms with Gasteiger partial charge in [0.25, 0.3) is 0 Å². The molecule has 0 unspecified atom stereocenters. The molecule has 0 radical (unpaired) electrons. The molecule has 1 aromatic rings. The van der Waals surface area contributed by atoms with Crippen LogP contribution < -0.4 is 9.47 Å². The molecule has 0 aliphatic carbocycles. The van der Waals surface area contributed by atoms with Crippen LogP contribution >= 0.6 is 0 Å². The number of hydrogen-bond donors (Lipinski definition) is 2. The maximum atomic E-state index is 10.5. The summed E-state index contributed by atoms with van der Waals surface area (Å²) in [4.78, 5) is 10.5. The first-order valence-corrected chi connectivity index (χ1v) is 4.96. The molecular formula is C11H12O5. The first kappa shape index (κ1) is 10.8. The molecule has 0 aromatic heterocycles. The summed E-state index contributed by atoms with van der Waals surface area (Å²) >= 11 is 0. The van der Waals surface area contributed by atoms with E-state index in [0.29, 0.717) is 30.3 Å². The van der Waals surface area contributed by atoms with Crippen molar-refractivity contribution in [2.24, 2.45) is 0 Å². The Bertz CT molecular complexity index is 401. The third-order valence-corrected chi connectivity index (χ3v) is 2.32. The molecule has 16 heavy (non-hydrogen) atoms. The maximum absolute atomic E-state index is 10.5. The lowest BCUT2D eigenvalue weighted by molar-refractivity contribution is -0.146. The van der Waals surface area contributed by atoms with Crippen LogP contribution in [-0.4, -0.2) is 35.5 Å². The van der Waals surface area contributed by atoms with Gasteiger partial charge in [-0.1, -0.05) is 6.07 Å². The van der Waals surface area contributed by atoms with E-state index >= 15 is 0 Å². The minimum atomic E-state index is -1.39. The summed E-state index contributed by atoms with van der Waals surface area (Å²) in [5, 5.41) is 17.8. The van der Waals surface area contributed by atoms with E-state index in [1.807, 2.05) is 0 Å². The summed E-state index contributed by atoms with van der Waals surface area (Å²) in [5.74, 6) is 0.0241. The van der Waals surface area contributed by atoms with Crippen molar-refractivity contribution < 1.29 is 24.5 Å². The highest BCUT2D eigenvalue weighted by Gasteiger charge is 2.16. The summed E-state index contributed by atoms with van der Waals surface area (Å²) in [7, 11) is 0. The van der Waals surface area contributed by atoms with Crippen LogP contribution in [0.25, 0.3) is 0 Å². The predicted octanol–water partition coefficient (Wildman–Crippen LogP) is 0.446. The third-order valence-electron chi connectivity index (χ3n) is 2.32. The van der Waals surface area contributed by atoms with Gasteiger partial charge in [0.05, 0.1) is 0 Å². The van der Waals surface area contributed by atoms with Crippen molar-refractivity contribution in [3.63, 3.8) is 0 Å². The number of carboxylic acids is 1. The number of fused-ring (bicyclic) bond motifs is 1. The molecule has 1 aliphatic heterocycles. The summed E-state index contributed by atoms with van der Waals surface area (Å²) < 4.78 is 10.7. The van der Waals surface area contributed by atoms with Gasteiger partial charge in [0.1, 0.15) is 13.2 Å². The summed E-state index contributed by atoms with van der Waals surface area (Å²) in [5.41, 5.74) is 0.708. The lowest BCUT2D eigenvalue weighted by Gasteiger charge is -2.19. The van der Waals surface area contributed by atoms with Gasteiger partial charge in [-0.2, -0.15) is 0 Å². The van der Waals surface area contributed by atoms with Gasteiger partial charge in [-0.05, 0) is 17.7 Å². The van der Waals surface area contributed by atoms with E-state index in [2.05, 4.69) is 0 Å². The lowest BCUT2D eigenvalue weighted by atomic mass is 10.1. The third kappa shape index (κ3) is 2.25. The van der Waals surface area contributed by atoms with Crippen LogP contribution in [0.2, 0.25) is 0 Å². The molecule has 5 nitrogen and oxygen atoms in total.